The number of para-hydroxylation sites is 1. The molecule has 3 unspecified atom stereocenters. The molecule has 2 N–H and O–H groups in total. The van der Waals surface area contributed by atoms with E-state index in [2.05, 4.69) is 46.4 Å². The number of carbonyl (C=O) groups is 1. The molecule has 4 aromatic rings. The van der Waals surface area contributed by atoms with Crippen molar-refractivity contribution in [1.29, 1.82) is 0 Å². The first-order chi connectivity index (χ1) is 18.4. The quantitative estimate of drug-likeness (QED) is 0.357. The van der Waals surface area contributed by atoms with Gasteiger partial charge in [0.25, 0.3) is 0 Å². The summed E-state index contributed by atoms with van der Waals surface area (Å²) in [5.41, 5.74) is 4.14. The smallest absolute Gasteiger partial charge is 0.239 e. The van der Waals surface area contributed by atoms with Gasteiger partial charge in [-0.05, 0) is 42.2 Å². The Morgan fingerprint density at radius 3 is 2.61 bits per heavy atom. The lowest BCUT2D eigenvalue weighted by molar-refractivity contribution is -0.147. The fraction of sp³-hybridized carbons (Fsp3) is 0.355. The minimum Gasteiger partial charge on any atom is -0.464 e. The van der Waals surface area contributed by atoms with Gasteiger partial charge in [0.05, 0.1) is 11.8 Å². The van der Waals surface area contributed by atoms with E-state index in [1.807, 2.05) is 67.4 Å². The van der Waals surface area contributed by atoms with Crippen LogP contribution >= 0.6 is 0 Å². The fourth-order valence-corrected chi connectivity index (χ4v) is 5.40. The molecule has 0 spiro atoms. The molecule has 1 saturated heterocycles. The Hall–Kier alpha value is -3.52. The first-order valence-electron chi connectivity index (χ1n) is 13.3. The number of nitrogens with zero attached hydrogens (tertiary/aromatic N) is 3. The van der Waals surface area contributed by atoms with Crippen LogP contribution in [0.1, 0.15) is 31.9 Å². The molecule has 0 radical (unpaired) electrons. The van der Waals surface area contributed by atoms with Gasteiger partial charge in [-0.25, -0.2) is 0 Å². The zero-order chi connectivity index (χ0) is 26.6. The summed E-state index contributed by atoms with van der Waals surface area (Å²) in [7, 11) is 0. The third-order valence-corrected chi connectivity index (χ3v) is 7.36. The number of piperazine rings is 1. The van der Waals surface area contributed by atoms with Crippen LogP contribution in [-0.2, 0) is 17.9 Å². The Balaban J connectivity index is 1.31. The Morgan fingerprint density at radius 1 is 1.08 bits per heavy atom. The Bertz CT molecular complexity index is 1350. The van der Waals surface area contributed by atoms with Crippen LogP contribution in [0.3, 0.4) is 0 Å². The average molecular weight is 513 g/mol. The van der Waals surface area contributed by atoms with Crippen LogP contribution in [0.15, 0.2) is 83.6 Å². The second-order valence-electron chi connectivity index (χ2n) is 10.5. The van der Waals surface area contributed by atoms with E-state index in [1.54, 1.807) is 6.26 Å². The molecule has 5 rings (SSSR count). The van der Waals surface area contributed by atoms with Crippen molar-refractivity contribution in [2.45, 2.75) is 52.2 Å². The third-order valence-electron chi connectivity index (χ3n) is 7.36. The standard InChI is InChI=1S/C31H36N4O3/c1-21(2)31(37)35-22(3)18-34(19-26-8-4-7-25-9-5-15-32-29(25)26)20-27(35)30(36)33-17-23-11-13-24(14-12-23)28-10-6-16-38-28/h4-16,21-22,27,31,37H,17-20H2,1-3H3,(H,33,36). The number of carbonyl (C=O) groups excluding carboxylic acids is 1. The van der Waals surface area contributed by atoms with Gasteiger partial charge in [-0.3, -0.25) is 19.6 Å². The number of pyridine rings is 1. The maximum absolute atomic E-state index is 13.6. The number of aromatic nitrogens is 1. The summed E-state index contributed by atoms with van der Waals surface area (Å²) in [6, 6.07) is 21.6. The molecule has 7 nitrogen and oxygen atoms in total. The number of fused-ring (bicyclic) bond motifs is 1. The number of amides is 1. The minimum atomic E-state index is -0.699. The Morgan fingerprint density at radius 2 is 1.87 bits per heavy atom. The van der Waals surface area contributed by atoms with Crippen molar-refractivity contribution >= 4 is 16.8 Å². The molecule has 0 aliphatic carbocycles. The van der Waals surface area contributed by atoms with Crippen LogP contribution < -0.4 is 5.32 Å². The van der Waals surface area contributed by atoms with Crippen molar-refractivity contribution in [2.75, 3.05) is 13.1 Å². The van der Waals surface area contributed by atoms with Gasteiger partial charge in [-0.2, -0.15) is 0 Å². The van der Waals surface area contributed by atoms with Crippen LogP contribution in [0.2, 0.25) is 0 Å². The average Bonchev–Trinajstić information content (AvgIpc) is 3.47. The highest BCUT2D eigenvalue weighted by Crippen LogP contribution is 2.25. The highest BCUT2D eigenvalue weighted by molar-refractivity contribution is 5.83. The van der Waals surface area contributed by atoms with Gasteiger partial charge >= 0.3 is 0 Å². The molecular weight excluding hydrogens is 476 g/mol. The lowest BCUT2D eigenvalue weighted by Crippen LogP contribution is -2.65. The van der Waals surface area contributed by atoms with Crippen LogP contribution in [-0.4, -0.2) is 57.2 Å². The molecule has 198 valence electrons. The normalized spacial score (nSPS) is 19.6. The number of rotatable bonds is 8. The molecule has 0 saturated carbocycles. The van der Waals surface area contributed by atoms with E-state index in [-0.39, 0.29) is 17.9 Å². The van der Waals surface area contributed by atoms with Gasteiger partial charge in [0.15, 0.2) is 0 Å². The van der Waals surface area contributed by atoms with Gasteiger partial charge in [0.2, 0.25) is 5.91 Å². The molecule has 3 heterocycles. The van der Waals surface area contributed by atoms with Gasteiger partial charge in [-0.1, -0.05) is 62.4 Å². The predicted molar refractivity (Wildman–Crippen MR) is 149 cm³/mol. The number of furan rings is 1. The van der Waals surface area contributed by atoms with E-state index in [0.717, 1.165) is 39.9 Å². The van der Waals surface area contributed by atoms with E-state index >= 15 is 0 Å². The lowest BCUT2D eigenvalue weighted by atomic mass is 10.0. The molecule has 7 heteroatoms. The molecule has 2 aromatic heterocycles. The number of hydrogen-bond acceptors (Lipinski definition) is 6. The maximum Gasteiger partial charge on any atom is 0.239 e. The van der Waals surface area contributed by atoms with Crippen molar-refractivity contribution in [3.63, 3.8) is 0 Å². The molecule has 1 aliphatic rings. The second kappa shape index (κ2) is 11.5. The molecule has 1 aliphatic heterocycles. The number of benzene rings is 2. The van der Waals surface area contributed by atoms with Crippen molar-refractivity contribution in [3.05, 3.63) is 90.3 Å². The zero-order valence-electron chi connectivity index (χ0n) is 22.2. The van der Waals surface area contributed by atoms with Gasteiger partial charge in [0.1, 0.15) is 18.0 Å². The number of nitrogens with one attached hydrogen (secondary N) is 1. The van der Waals surface area contributed by atoms with Crippen LogP contribution in [0.25, 0.3) is 22.2 Å². The minimum absolute atomic E-state index is 0.00687. The van der Waals surface area contributed by atoms with Crippen molar-refractivity contribution < 1.29 is 14.3 Å². The van der Waals surface area contributed by atoms with Gasteiger partial charge in [-0.15, -0.1) is 0 Å². The molecule has 2 aromatic carbocycles. The molecule has 1 amide bonds. The van der Waals surface area contributed by atoms with Crippen molar-refractivity contribution in [3.8, 4) is 11.3 Å². The van der Waals surface area contributed by atoms with Crippen LogP contribution in [0.5, 0.6) is 0 Å². The second-order valence-corrected chi connectivity index (χ2v) is 10.5. The Kier molecular flexibility index (Phi) is 7.88. The topological polar surface area (TPSA) is 81.8 Å². The van der Waals surface area contributed by atoms with E-state index in [0.29, 0.717) is 19.6 Å². The molecular formula is C31H36N4O3. The first-order valence-corrected chi connectivity index (χ1v) is 13.3. The molecule has 1 fully saturated rings. The number of aliphatic hydroxyl groups excluding tert-OH is 1. The monoisotopic (exact) mass is 512 g/mol. The third kappa shape index (κ3) is 5.65. The summed E-state index contributed by atoms with van der Waals surface area (Å²) in [5.74, 6) is 0.750. The van der Waals surface area contributed by atoms with Crippen LogP contribution in [0.4, 0.5) is 0 Å². The number of hydrogen-bond donors (Lipinski definition) is 2. The summed E-state index contributed by atoms with van der Waals surface area (Å²) in [6.45, 7) is 8.46. The molecule has 0 bridgehead atoms. The SMILES string of the molecule is CC(C)C(O)N1C(C)CN(Cc2cccc3cccnc23)CC1C(=O)NCc1ccc(-c2ccco2)cc1. The summed E-state index contributed by atoms with van der Waals surface area (Å²) < 4.78 is 5.47. The van der Waals surface area contributed by atoms with E-state index in [1.165, 1.54) is 0 Å². The first kappa shape index (κ1) is 26.1. The van der Waals surface area contributed by atoms with Gasteiger partial charge in [0, 0.05) is 49.4 Å². The highest BCUT2D eigenvalue weighted by Gasteiger charge is 2.40. The number of aliphatic hydroxyl groups is 1. The highest BCUT2D eigenvalue weighted by atomic mass is 16.3. The lowest BCUT2D eigenvalue weighted by Gasteiger charge is -2.47. The van der Waals surface area contributed by atoms with E-state index < -0.39 is 12.3 Å². The summed E-state index contributed by atoms with van der Waals surface area (Å²) >= 11 is 0. The maximum atomic E-state index is 13.6. The summed E-state index contributed by atoms with van der Waals surface area (Å²) in [5, 5.41) is 15.3. The van der Waals surface area contributed by atoms with E-state index in [4.69, 9.17) is 4.42 Å². The van der Waals surface area contributed by atoms with Gasteiger partial charge < -0.3 is 14.8 Å². The summed E-state index contributed by atoms with van der Waals surface area (Å²) in [6.07, 6.45) is 2.78. The van der Waals surface area contributed by atoms with E-state index in [9.17, 15) is 9.90 Å². The van der Waals surface area contributed by atoms with Crippen molar-refractivity contribution in [1.82, 2.24) is 20.1 Å². The largest absolute Gasteiger partial charge is 0.464 e. The summed E-state index contributed by atoms with van der Waals surface area (Å²) in [4.78, 5) is 22.5. The zero-order valence-corrected chi connectivity index (χ0v) is 22.2. The van der Waals surface area contributed by atoms with Crippen molar-refractivity contribution in [2.24, 2.45) is 5.92 Å². The Labute approximate surface area is 224 Å². The fourth-order valence-electron chi connectivity index (χ4n) is 5.40. The molecule has 38 heavy (non-hydrogen) atoms. The predicted octanol–water partition coefficient (Wildman–Crippen LogP) is 4.66. The van der Waals surface area contributed by atoms with Crippen LogP contribution in [0, 0.1) is 5.92 Å². The molecule has 3 atom stereocenters.